The normalized spacial score (nSPS) is 24.9. The van der Waals surface area contributed by atoms with Gasteiger partial charge in [-0.2, -0.15) is 0 Å². The Bertz CT molecular complexity index is 1490. The molecule has 3 atom stereocenters. The number of hydrogen-bond donors (Lipinski definition) is 1. The van der Waals surface area contributed by atoms with E-state index in [0.717, 1.165) is 58.1 Å². The van der Waals surface area contributed by atoms with Gasteiger partial charge in [-0.15, -0.1) is 0 Å². The highest BCUT2D eigenvalue weighted by Gasteiger charge is 2.51. The standard InChI is InChI=1S/C30H27N3O2/c1-18-24-13-12-23-26(19-8-4-3-5-9-19)32-29(22-14-15-31-25-11-7-6-10-21(22)25)33-28(23)30(24,2)16-20(17-34)27(18)35/h3-11,14-15,17-18,24,34H,12-13,16H2,1-2H3/b20-17-/t18-,24-,30-/m1/s1. The first-order valence-electron chi connectivity index (χ1n) is 12.2. The fourth-order valence-electron chi connectivity index (χ4n) is 6.32. The molecular formula is C30H27N3O2. The highest BCUT2D eigenvalue weighted by atomic mass is 16.2. The summed E-state index contributed by atoms with van der Waals surface area (Å²) >= 11 is 0. The topological polar surface area (TPSA) is 76.0 Å². The quantitative estimate of drug-likeness (QED) is 0.283. The number of hydrogen-bond acceptors (Lipinski definition) is 5. The molecule has 2 heterocycles. The Labute approximate surface area is 204 Å². The molecule has 0 radical (unpaired) electrons. The lowest BCUT2D eigenvalue weighted by molar-refractivity contribution is -0.124. The molecule has 1 fully saturated rings. The van der Waals surface area contributed by atoms with Crippen LogP contribution in [0.1, 0.15) is 37.9 Å². The molecule has 2 aromatic carbocycles. The van der Waals surface area contributed by atoms with E-state index in [9.17, 15) is 9.90 Å². The Hall–Kier alpha value is -3.86. The lowest BCUT2D eigenvalue weighted by atomic mass is 9.55. The predicted octanol–water partition coefficient (Wildman–Crippen LogP) is 6.23. The number of aliphatic hydroxyl groups excluding tert-OH is 1. The van der Waals surface area contributed by atoms with Gasteiger partial charge >= 0.3 is 0 Å². The first-order chi connectivity index (χ1) is 17.0. The molecule has 5 nitrogen and oxygen atoms in total. The third kappa shape index (κ3) is 3.29. The second kappa shape index (κ2) is 8.12. The molecule has 0 spiro atoms. The van der Waals surface area contributed by atoms with Crippen molar-refractivity contribution in [2.75, 3.05) is 0 Å². The number of ketones is 1. The number of aliphatic hydroxyl groups is 1. The average molecular weight is 462 g/mol. The number of benzene rings is 2. The second-order valence-electron chi connectivity index (χ2n) is 10.0. The van der Waals surface area contributed by atoms with Crippen molar-refractivity contribution in [3.8, 4) is 22.6 Å². The Morgan fingerprint density at radius 2 is 1.80 bits per heavy atom. The Balaban J connectivity index is 1.65. The summed E-state index contributed by atoms with van der Waals surface area (Å²) in [5.41, 5.74) is 6.11. The lowest BCUT2D eigenvalue weighted by Gasteiger charge is -2.48. The van der Waals surface area contributed by atoms with Gasteiger partial charge in [-0.3, -0.25) is 9.78 Å². The number of Topliss-reactive ketones (excluding diaryl/α,β-unsaturated/α-hetero) is 1. The molecule has 2 aliphatic rings. The monoisotopic (exact) mass is 461 g/mol. The SMILES string of the molecule is C[C@H]1C(=O)/C(=C\O)C[C@@]2(C)c3nc(-c4ccnc5ccccc45)nc(-c4ccccc4)c3CC[C@H]12. The number of carbonyl (C=O) groups excluding carboxylic acids is 1. The van der Waals surface area contributed by atoms with Crippen LogP contribution in [0.15, 0.2) is 78.7 Å². The fourth-order valence-corrected chi connectivity index (χ4v) is 6.32. The summed E-state index contributed by atoms with van der Waals surface area (Å²) in [5, 5.41) is 10.9. The zero-order chi connectivity index (χ0) is 24.2. The predicted molar refractivity (Wildman–Crippen MR) is 137 cm³/mol. The summed E-state index contributed by atoms with van der Waals surface area (Å²) in [6.45, 7) is 4.20. The van der Waals surface area contributed by atoms with Crippen LogP contribution in [-0.2, 0) is 16.6 Å². The zero-order valence-electron chi connectivity index (χ0n) is 19.9. The molecule has 6 rings (SSSR count). The lowest BCUT2D eigenvalue weighted by Crippen LogP contribution is -2.48. The molecule has 4 aromatic rings. The van der Waals surface area contributed by atoms with Crippen molar-refractivity contribution in [1.29, 1.82) is 0 Å². The fraction of sp³-hybridized carbons (Fsp3) is 0.267. The van der Waals surface area contributed by atoms with Crippen molar-refractivity contribution in [2.45, 2.75) is 38.5 Å². The van der Waals surface area contributed by atoms with E-state index in [2.05, 4.69) is 30.1 Å². The first-order valence-corrected chi connectivity index (χ1v) is 12.2. The molecule has 0 bridgehead atoms. The minimum atomic E-state index is -0.375. The van der Waals surface area contributed by atoms with Crippen LogP contribution in [0.3, 0.4) is 0 Å². The van der Waals surface area contributed by atoms with Crippen LogP contribution in [0.5, 0.6) is 0 Å². The van der Waals surface area contributed by atoms with E-state index < -0.39 is 0 Å². The Morgan fingerprint density at radius 1 is 1.03 bits per heavy atom. The van der Waals surface area contributed by atoms with Crippen molar-refractivity contribution in [3.63, 3.8) is 0 Å². The molecule has 0 saturated heterocycles. The second-order valence-corrected chi connectivity index (χ2v) is 10.0. The van der Waals surface area contributed by atoms with Crippen LogP contribution in [0.25, 0.3) is 33.5 Å². The number of nitrogens with zero attached hydrogens (tertiary/aromatic N) is 3. The van der Waals surface area contributed by atoms with Gasteiger partial charge in [0.25, 0.3) is 0 Å². The van der Waals surface area contributed by atoms with Gasteiger partial charge in [0.2, 0.25) is 0 Å². The molecule has 0 unspecified atom stereocenters. The minimum absolute atomic E-state index is 0.0520. The van der Waals surface area contributed by atoms with Gasteiger partial charge in [0.15, 0.2) is 11.6 Å². The summed E-state index contributed by atoms with van der Waals surface area (Å²) < 4.78 is 0. The number of aromatic nitrogens is 3. The third-order valence-electron chi connectivity index (χ3n) is 8.06. The van der Waals surface area contributed by atoms with Crippen LogP contribution in [0, 0.1) is 11.8 Å². The molecule has 0 aliphatic heterocycles. The highest BCUT2D eigenvalue weighted by molar-refractivity contribution is 5.98. The number of pyridine rings is 1. The van der Waals surface area contributed by atoms with E-state index in [1.54, 1.807) is 6.20 Å². The van der Waals surface area contributed by atoms with E-state index in [0.29, 0.717) is 17.8 Å². The van der Waals surface area contributed by atoms with Gasteiger partial charge < -0.3 is 5.11 Å². The summed E-state index contributed by atoms with van der Waals surface area (Å²) in [4.78, 5) is 27.8. The maximum atomic E-state index is 12.9. The van der Waals surface area contributed by atoms with E-state index in [-0.39, 0.29) is 23.0 Å². The Kier molecular flexibility index (Phi) is 5.03. The molecule has 0 amide bonds. The van der Waals surface area contributed by atoms with Crippen molar-refractivity contribution in [3.05, 3.63) is 90.0 Å². The number of fused-ring (bicyclic) bond motifs is 4. The largest absolute Gasteiger partial charge is 0.515 e. The summed E-state index contributed by atoms with van der Waals surface area (Å²) in [7, 11) is 0. The van der Waals surface area contributed by atoms with E-state index >= 15 is 0 Å². The van der Waals surface area contributed by atoms with Crippen LogP contribution in [0.4, 0.5) is 0 Å². The number of allylic oxidation sites excluding steroid dienone is 1. The minimum Gasteiger partial charge on any atom is -0.515 e. The van der Waals surface area contributed by atoms with Gasteiger partial charge in [-0.05, 0) is 37.3 Å². The summed E-state index contributed by atoms with van der Waals surface area (Å²) in [6, 6.07) is 20.3. The van der Waals surface area contributed by atoms with Crippen LogP contribution in [0.2, 0.25) is 0 Å². The maximum absolute atomic E-state index is 12.9. The van der Waals surface area contributed by atoms with E-state index in [1.807, 2.05) is 49.4 Å². The van der Waals surface area contributed by atoms with Gasteiger partial charge in [0.05, 0.1) is 23.2 Å². The van der Waals surface area contributed by atoms with Gasteiger partial charge in [0.1, 0.15) is 0 Å². The van der Waals surface area contributed by atoms with Crippen LogP contribution < -0.4 is 0 Å². The third-order valence-corrected chi connectivity index (χ3v) is 8.06. The average Bonchev–Trinajstić information content (AvgIpc) is 2.90. The molecule has 1 saturated carbocycles. The van der Waals surface area contributed by atoms with Gasteiger partial charge in [-0.25, -0.2) is 9.97 Å². The first kappa shape index (κ1) is 21.7. The molecule has 5 heteroatoms. The molecule has 1 N–H and O–H groups in total. The van der Waals surface area contributed by atoms with Crippen molar-refractivity contribution in [1.82, 2.24) is 15.0 Å². The van der Waals surface area contributed by atoms with Gasteiger partial charge in [-0.1, -0.05) is 62.4 Å². The molecule has 2 aromatic heterocycles. The molecular weight excluding hydrogens is 434 g/mol. The number of rotatable bonds is 2. The maximum Gasteiger partial charge on any atom is 0.165 e. The van der Waals surface area contributed by atoms with Crippen LogP contribution in [-0.4, -0.2) is 25.8 Å². The molecule has 174 valence electrons. The summed E-state index contributed by atoms with van der Waals surface area (Å²) in [6.07, 6.45) is 5.02. The molecule has 35 heavy (non-hydrogen) atoms. The van der Waals surface area contributed by atoms with Crippen LogP contribution >= 0.6 is 0 Å². The van der Waals surface area contributed by atoms with Crippen molar-refractivity contribution >= 4 is 16.7 Å². The van der Waals surface area contributed by atoms with E-state index in [1.165, 1.54) is 0 Å². The Morgan fingerprint density at radius 3 is 2.60 bits per heavy atom. The smallest absolute Gasteiger partial charge is 0.165 e. The number of para-hydroxylation sites is 1. The highest BCUT2D eigenvalue weighted by Crippen LogP contribution is 2.53. The number of carbonyl (C=O) groups is 1. The van der Waals surface area contributed by atoms with Gasteiger partial charge in [0, 0.05) is 45.2 Å². The summed E-state index contributed by atoms with van der Waals surface area (Å²) in [5.74, 6) is 0.714. The van der Waals surface area contributed by atoms with E-state index in [4.69, 9.17) is 9.97 Å². The van der Waals surface area contributed by atoms with Crippen molar-refractivity contribution in [2.24, 2.45) is 11.8 Å². The zero-order valence-corrected chi connectivity index (χ0v) is 19.9. The van der Waals surface area contributed by atoms with Crippen molar-refractivity contribution < 1.29 is 9.90 Å². The molecule has 2 aliphatic carbocycles.